The van der Waals surface area contributed by atoms with Crippen molar-refractivity contribution < 1.29 is 32.4 Å². The van der Waals surface area contributed by atoms with E-state index in [1.165, 1.54) is 31.3 Å². The average Bonchev–Trinajstić information content (AvgIpc) is 2.96. The molecule has 0 heterocycles. The summed E-state index contributed by atoms with van der Waals surface area (Å²) in [7, 11) is -1.37. The number of rotatable bonds is 14. The van der Waals surface area contributed by atoms with Gasteiger partial charge in [0, 0.05) is 31.1 Å². The molecule has 0 saturated carbocycles. The lowest BCUT2D eigenvalue weighted by Gasteiger charge is -2.34. The van der Waals surface area contributed by atoms with Gasteiger partial charge in [-0.3, -0.25) is 24.0 Å². The van der Waals surface area contributed by atoms with Gasteiger partial charge >= 0.3 is 0 Å². The third kappa shape index (κ3) is 8.92. The number of anilines is 1. The summed E-state index contributed by atoms with van der Waals surface area (Å²) in [5, 5.41) is 14.4. The predicted octanol–water partition coefficient (Wildman–Crippen LogP) is 3.54. The van der Waals surface area contributed by atoms with Crippen molar-refractivity contribution in [2.24, 2.45) is 0 Å². The second kappa shape index (κ2) is 14.5. The number of amides is 2. The molecule has 3 rings (SSSR count). The van der Waals surface area contributed by atoms with Crippen LogP contribution in [0.2, 0.25) is 0 Å². The van der Waals surface area contributed by atoms with Gasteiger partial charge in [0.25, 0.3) is 5.69 Å². The van der Waals surface area contributed by atoms with Crippen LogP contribution in [0.4, 0.5) is 11.4 Å². The minimum Gasteiger partial charge on any atom is -0.497 e. The van der Waals surface area contributed by atoms with Crippen LogP contribution < -0.4 is 19.1 Å². The zero-order valence-electron chi connectivity index (χ0n) is 24.7. The van der Waals surface area contributed by atoms with Crippen molar-refractivity contribution in [1.82, 2.24) is 10.2 Å². The Kier molecular flexibility index (Phi) is 11.1. The number of nitrogens with one attached hydrogen (secondary N) is 1. The van der Waals surface area contributed by atoms with Gasteiger partial charge in [0.05, 0.1) is 25.4 Å². The van der Waals surface area contributed by atoms with Crippen molar-refractivity contribution in [2.45, 2.75) is 38.9 Å². The third-order valence-electron chi connectivity index (χ3n) is 6.51. The van der Waals surface area contributed by atoms with Crippen LogP contribution in [0.1, 0.15) is 25.0 Å². The first-order valence-corrected chi connectivity index (χ1v) is 15.3. The summed E-state index contributed by atoms with van der Waals surface area (Å²) < 4.78 is 37.5. The quantitative estimate of drug-likeness (QED) is 0.215. The van der Waals surface area contributed by atoms with Crippen LogP contribution in [-0.2, 0) is 32.6 Å². The van der Waals surface area contributed by atoms with Crippen LogP contribution in [-0.4, -0.2) is 69.2 Å². The first-order valence-electron chi connectivity index (χ1n) is 13.4. The number of ether oxygens (including phenoxy) is 2. The standard InChI is InChI=1S/C30H36N4O8S/c1-21(2)31-30(36)27(17-22-10-7-6-8-11-22)32(19-23-12-9-13-25(16-23)41-3)29(35)20-33(43(5,39)40)26-18-24(34(37)38)14-15-28(26)42-4/h6-16,18,21,27H,17,19-20H2,1-5H3,(H,31,36)/t27-/m1/s1. The molecular formula is C30H36N4O8S. The summed E-state index contributed by atoms with van der Waals surface area (Å²) in [6, 6.07) is 18.3. The molecule has 3 aromatic rings. The Bertz CT molecular complexity index is 1550. The van der Waals surface area contributed by atoms with Gasteiger partial charge in [-0.25, -0.2) is 8.42 Å². The summed E-state index contributed by atoms with van der Waals surface area (Å²) in [5.74, 6) is -0.577. The molecule has 3 aromatic carbocycles. The first kappa shape index (κ1) is 32.9. The molecule has 0 fully saturated rings. The summed E-state index contributed by atoms with van der Waals surface area (Å²) in [5.41, 5.74) is 0.862. The number of nitro groups is 1. The van der Waals surface area contributed by atoms with Crippen LogP contribution in [0.25, 0.3) is 0 Å². The molecule has 1 atom stereocenters. The van der Waals surface area contributed by atoms with Crippen molar-refractivity contribution in [3.8, 4) is 11.5 Å². The monoisotopic (exact) mass is 612 g/mol. The van der Waals surface area contributed by atoms with Gasteiger partial charge in [0.15, 0.2) is 0 Å². The van der Waals surface area contributed by atoms with E-state index < -0.39 is 39.3 Å². The number of methoxy groups -OCH3 is 2. The fourth-order valence-electron chi connectivity index (χ4n) is 4.48. The molecule has 1 N–H and O–H groups in total. The van der Waals surface area contributed by atoms with Gasteiger partial charge in [-0.15, -0.1) is 0 Å². The lowest BCUT2D eigenvalue weighted by molar-refractivity contribution is -0.384. The van der Waals surface area contributed by atoms with Crippen molar-refractivity contribution in [3.63, 3.8) is 0 Å². The molecule has 43 heavy (non-hydrogen) atoms. The van der Waals surface area contributed by atoms with Gasteiger partial charge < -0.3 is 19.7 Å². The Hall–Kier alpha value is -4.65. The van der Waals surface area contributed by atoms with E-state index in [9.17, 15) is 28.1 Å². The third-order valence-corrected chi connectivity index (χ3v) is 7.64. The zero-order valence-corrected chi connectivity index (χ0v) is 25.5. The smallest absolute Gasteiger partial charge is 0.271 e. The Morgan fingerprint density at radius 2 is 1.63 bits per heavy atom. The van der Waals surface area contributed by atoms with Crippen molar-refractivity contribution >= 4 is 33.2 Å². The Morgan fingerprint density at radius 3 is 2.21 bits per heavy atom. The minimum absolute atomic E-state index is 0.0153. The lowest BCUT2D eigenvalue weighted by atomic mass is 10.0. The highest BCUT2D eigenvalue weighted by molar-refractivity contribution is 7.92. The molecule has 13 heteroatoms. The molecule has 0 bridgehead atoms. The van der Waals surface area contributed by atoms with Crippen LogP contribution in [0.5, 0.6) is 11.5 Å². The van der Waals surface area contributed by atoms with E-state index >= 15 is 0 Å². The van der Waals surface area contributed by atoms with Crippen LogP contribution >= 0.6 is 0 Å². The Morgan fingerprint density at radius 1 is 0.953 bits per heavy atom. The average molecular weight is 613 g/mol. The number of nitrogens with zero attached hydrogens (tertiary/aromatic N) is 3. The maximum absolute atomic E-state index is 14.2. The molecule has 0 aliphatic carbocycles. The zero-order chi connectivity index (χ0) is 31.7. The number of carbonyl (C=O) groups excluding carboxylic acids is 2. The molecule has 0 spiro atoms. The molecule has 0 unspecified atom stereocenters. The summed E-state index contributed by atoms with van der Waals surface area (Å²) in [6.07, 6.45) is 1.03. The fraction of sp³-hybridized carbons (Fsp3) is 0.333. The molecule has 0 aliphatic rings. The Labute approximate surface area is 251 Å². The second-order valence-corrected chi connectivity index (χ2v) is 12.0. The largest absolute Gasteiger partial charge is 0.497 e. The number of nitro benzene ring substituents is 1. The first-order chi connectivity index (χ1) is 20.3. The van der Waals surface area contributed by atoms with E-state index in [2.05, 4.69) is 5.32 Å². The van der Waals surface area contributed by atoms with E-state index in [1.54, 1.807) is 38.1 Å². The van der Waals surface area contributed by atoms with E-state index in [4.69, 9.17) is 9.47 Å². The highest BCUT2D eigenvalue weighted by Crippen LogP contribution is 2.34. The van der Waals surface area contributed by atoms with E-state index in [-0.39, 0.29) is 36.1 Å². The molecule has 0 aromatic heterocycles. The van der Waals surface area contributed by atoms with Gasteiger partial charge in [-0.1, -0.05) is 42.5 Å². The van der Waals surface area contributed by atoms with Crippen molar-refractivity contribution in [1.29, 1.82) is 0 Å². The maximum Gasteiger partial charge on any atom is 0.271 e. The van der Waals surface area contributed by atoms with Crippen molar-refractivity contribution in [2.75, 3.05) is 31.3 Å². The van der Waals surface area contributed by atoms with Crippen LogP contribution in [0.15, 0.2) is 72.8 Å². The number of hydrogen-bond donors (Lipinski definition) is 1. The fourth-order valence-corrected chi connectivity index (χ4v) is 5.33. The number of carbonyl (C=O) groups is 2. The topological polar surface area (TPSA) is 148 Å². The SMILES string of the molecule is COc1cccc(CN(C(=O)CN(c2cc([N+](=O)[O-])ccc2OC)S(C)(=O)=O)[C@H](Cc2ccccc2)C(=O)NC(C)C)c1. The highest BCUT2D eigenvalue weighted by Gasteiger charge is 2.34. The number of sulfonamides is 1. The summed E-state index contributed by atoms with van der Waals surface area (Å²) in [4.78, 5) is 40.0. The normalized spacial score (nSPS) is 11.9. The highest BCUT2D eigenvalue weighted by atomic mass is 32.2. The summed E-state index contributed by atoms with van der Waals surface area (Å²) in [6.45, 7) is 2.79. The van der Waals surface area contributed by atoms with Crippen molar-refractivity contribution in [3.05, 3.63) is 94.0 Å². The van der Waals surface area contributed by atoms with E-state index in [0.717, 1.165) is 22.2 Å². The molecule has 2 amide bonds. The van der Waals surface area contributed by atoms with E-state index in [1.807, 2.05) is 30.3 Å². The van der Waals surface area contributed by atoms with Crippen LogP contribution in [0, 0.1) is 10.1 Å². The maximum atomic E-state index is 14.2. The van der Waals surface area contributed by atoms with Gasteiger partial charge in [0.2, 0.25) is 21.8 Å². The summed E-state index contributed by atoms with van der Waals surface area (Å²) >= 11 is 0. The molecule has 12 nitrogen and oxygen atoms in total. The van der Waals surface area contributed by atoms with Gasteiger partial charge in [-0.2, -0.15) is 0 Å². The Balaban J connectivity index is 2.14. The van der Waals surface area contributed by atoms with Gasteiger partial charge in [-0.05, 0) is 43.2 Å². The molecule has 0 aliphatic heterocycles. The molecule has 0 radical (unpaired) electrons. The lowest BCUT2D eigenvalue weighted by Crippen LogP contribution is -2.54. The minimum atomic E-state index is -4.17. The number of hydrogen-bond acceptors (Lipinski definition) is 8. The van der Waals surface area contributed by atoms with Gasteiger partial charge in [0.1, 0.15) is 29.8 Å². The second-order valence-electron chi connectivity index (χ2n) is 10.1. The molecule has 230 valence electrons. The molecular weight excluding hydrogens is 576 g/mol. The molecule has 0 saturated heterocycles. The number of benzene rings is 3. The number of non-ortho nitro benzene ring substituents is 1. The predicted molar refractivity (Wildman–Crippen MR) is 163 cm³/mol. The van der Waals surface area contributed by atoms with E-state index in [0.29, 0.717) is 11.3 Å². The van der Waals surface area contributed by atoms with Crippen LogP contribution in [0.3, 0.4) is 0 Å².